The van der Waals surface area contributed by atoms with Crippen LogP contribution in [0.15, 0.2) is 0 Å². The lowest BCUT2D eigenvalue weighted by molar-refractivity contribution is -0.131. The lowest BCUT2D eigenvalue weighted by Crippen LogP contribution is -2.42. The summed E-state index contributed by atoms with van der Waals surface area (Å²) in [5, 5.41) is 2.75. The Morgan fingerprint density at radius 2 is 2.62 bits per heavy atom. The highest BCUT2D eigenvalue weighted by Crippen LogP contribution is 2.11. The molecule has 1 aliphatic heterocycles. The second-order valence-corrected chi connectivity index (χ2v) is 3.24. The maximum absolute atomic E-state index is 11.4. The van der Waals surface area contributed by atoms with Crippen molar-refractivity contribution in [3.8, 4) is 0 Å². The number of nitrogens with one attached hydrogen (secondary N) is 1. The van der Waals surface area contributed by atoms with E-state index in [1.165, 1.54) is 0 Å². The van der Waals surface area contributed by atoms with E-state index in [0.717, 1.165) is 12.8 Å². The Morgan fingerprint density at radius 1 is 1.85 bits per heavy atom. The molecule has 0 aliphatic carbocycles. The SMILES string of the molecule is CC(CON)NC(=O)C1CCCO1. The molecule has 0 aromatic heterocycles. The minimum atomic E-state index is -0.278. The van der Waals surface area contributed by atoms with Gasteiger partial charge in [0.05, 0.1) is 12.6 Å². The van der Waals surface area contributed by atoms with Crippen molar-refractivity contribution in [1.82, 2.24) is 5.32 Å². The largest absolute Gasteiger partial charge is 0.368 e. The maximum atomic E-state index is 11.4. The summed E-state index contributed by atoms with van der Waals surface area (Å²) in [4.78, 5) is 15.8. The summed E-state index contributed by atoms with van der Waals surface area (Å²) < 4.78 is 5.21. The van der Waals surface area contributed by atoms with Gasteiger partial charge in [-0.2, -0.15) is 0 Å². The molecule has 1 saturated heterocycles. The summed E-state index contributed by atoms with van der Waals surface area (Å²) in [6, 6.07) is -0.0679. The van der Waals surface area contributed by atoms with Gasteiger partial charge < -0.3 is 14.9 Å². The molecule has 2 atom stereocenters. The molecule has 0 spiro atoms. The highest BCUT2D eigenvalue weighted by Gasteiger charge is 2.24. The molecule has 3 N–H and O–H groups in total. The third-order valence-electron chi connectivity index (χ3n) is 1.96. The van der Waals surface area contributed by atoms with Crippen LogP contribution in [-0.4, -0.2) is 31.3 Å². The van der Waals surface area contributed by atoms with Crippen molar-refractivity contribution in [2.45, 2.75) is 31.9 Å². The Kier molecular flexibility index (Phi) is 4.14. The van der Waals surface area contributed by atoms with E-state index in [-0.39, 0.29) is 18.1 Å². The van der Waals surface area contributed by atoms with Crippen LogP contribution in [0, 0.1) is 0 Å². The monoisotopic (exact) mass is 188 g/mol. The van der Waals surface area contributed by atoms with E-state index < -0.39 is 0 Å². The minimum Gasteiger partial charge on any atom is -0.368 e. The van der Waals surface area contributed by atoms with Crippen molar-refractivity contribution in [3.63, 3.8) is 0 Å². The molecule has 0 radical (unpaired) electrons. The van der Waals surface area contributed by atoms with E-state index in [2.05, 4.69) is 10.2 Å². The van der Waals surface area contributed by atoms with Gasteiger partial charge in [-0.05, 0) is 19.8 Å². The van der Waals surface area contributed by atoms with Gasteiger partial charge in [-0.25, -0.2) is 5.90 Å². The molecule has 1 heterocycles. The van der Waals surface area contributed by atoms with Gasteiger partial charge in [-0.15, -0.1) is 0 Å². The summed E-state index contributed by atoms with van der Waals surface area (Å²) in [5.74, 6) is 4.81. The van der Waals surface area contributed by atoms with Crippen LogP contribution in [-0.2, 0) is 14.4 Å². The topological polar surface area (TPSA) is 73.6 Å². The van der Waals surface area contributed by atoms with Crippen molar-refractivity contribution >= 4 is 5.91 Å². The average molecular weight is 188 g/mol. The number of amides is 1. The van der Waals surface area contributed by atoms with Crippen LogP contribution in [0.5, 0.6) is 0 Å². The summed E-state index contributed by atoms with van der Waals surface area (Å²) in [6.45, 7) is 2.83. The van der Waals surface area contributed by atoms with E-state index in [1.54, 1.807) is 0 Å². The van der Waals surface area contributed by atoms with Crippen LogP contribution < -0.4 is 11.2 Å². The van der Waals surface area contributed by atoms with E-state index in [0.29, 0.717) is 13.2 Å². The minimum absolute atomic E-state index is 0.0675. The molecule has 1 aliphatic rings. The molecule has 5 nitrogen and oxygen atoms in total. The first-order chi connectivity index (χ1) is 6.24. The van der Waals surface area contributed by atoms with Gasteiger partial charge in [0.15, 0.2) is 0 Å². The van der Waals surface area contributed by atoms with Crippen LogP contribution in [0.1, 0.15) is 19.8 Å². The zero-order chi connectivity index (χ0) is 9.68. The van der Waals surface area contributed by atoms with Gasteiger partial charge in [0.1, 0.15) is 6.10 Å². The number of nitrogens with two attached hydrogens (primary N) is 1. The van der Waals surface area contributed by atoms with Gasteiger partial charge in [0.2, 0.25) is 5.91 Å². The Hall–Kier alpha value is -0.650. The van der Waals surface area contributed by atoms with Crippen molar-refractivity contribution in [1.29, 1.82) is 0 Å². The van der Waals surface area contributed by atoms with Crippen LogP contribution in [0.2, 0.25) is 0 Å². The number of rotatable bonds is 4. The molecule has 0 aromatic rings. The fraction of sp³-hybridized carbons (Fsp3) is 0.875. The number of hydrogen-bond donors (Lipinski definition) is 2. The third-order valence-corrected chi connectivity index (χ3v) is 1.96. The van der Waals surface area contributed by atoms with E-state index in [4.69, 9.17) is 10.6 Å². The first-order valence-corrected chi connectivity index (χ1v) is 4.47. The molecular weight excluding hydrogens is 172 g/mol. The van der Waals surface area contributed by atoms with Crippen LogP contribution in [0.25, 0.3) is 0 Å². The zero-order valence-corrected chi connectivity index (χ0v) is 7.79. The molecule has 0 aromatic carbocycles. The molecule has 1 rings (SSSR count). The lowest BCUT2D eigenvalue weighted by Gasteiger charge is -2.15. The van der Waals surface area contributed by atoms with E-state index in [1.807, 2.05) is 6.92 Å². The molecular formula is C8H16N2O3. The summed E-state index contributed by atoms with van der Waals surface area (Å²) in [6.07, 6.45) is 1.49. The number of hydrogen-bond acceptors (Lipinski definition) is 4. The van der Waals surface area contributed by atoms with Crippen LogP contribution in [0.4, 0.5) is 0 Å². The lowest BCUT2D eigenvalue weighted by atomic mass is 10.2. The first-order valence-electron chi connectivity index (χ1n) is 4.47. The Labute approximate surface area is 77.5 Å². The second kappa shape index (κ2) is 5.16. The predicted octanol–water partition coefficient (Wildman–Crippen LogP) is -0.440. The highest BCUT2D eigenvalue weighted by atomic mass is 16.6. The summed E-state index contributed by atoms with van der Waals surface area (Å²) in [5.41, 5.74) is 0. The van der Waals surface area contributed by atoms with Gasteiger partial charge in [-0.3, -0.25) is 4.79 Å². The maximum Gasteiger partial charge on any atom is 0.249 e. The Balaban J connectivity index is 2.23. The third kappa shape index (κ3) is 3.30. The fourth-order valence-electron chi connectivity index (χ4n) is 1.31. The van der Waals surface area contributed by atoms with Gasteiger partial charge in [0.25, 0.3) is 0 Å². The standard InChI is InChI=1S/C8H16N2O3/c1-6(5-13-9)10-8(11)7-3-2-4-12-7/h6-7H,2-5,9H2,1H3,(H,10,11). The molecule has 76 valence electrons. The zero-order valence-electron chi connectivity index (χ0n) is 7.79. The van der Waals surface area contributed by atoms with Crippen molar-refractivity contribution < 1.29 is 14.4 Å². The molecule has 0 saturated carbocycles. The molecule has 13 heavy (non-hydrogen) atoms. The average Bonchev–Trinajstić information content (AvgIpc) is 2.55. The summed E-state index contributed by atoms with van der Waals surface area (Å²) >= 11 is 0. The fourth-order valence-corrected chi connectivity index (χ4v) is 1.31. The number of ether oxygens (including phenoxy) is 1. The van der Waals surface area contributed by atoms with E-state index >= 15 is 0 Å². The van der Waals surface area contributed by atoms with Crippen LogP contribution >= 0.6 is 0 Å². The molecule has 5 heteroatoms. The number of carbonyl (C=O) groups excluding carboxylic acids is 1. The van der Waals surface area contributed by atoms with Crippen molar-refractivity contribution in [2.24, 2.45) is 5.90 Å². The molecule has 0 bridgehead atoms. The highest BCUT2D eigenvalue weighted by molar-refractivity contribution is 5.81. The first kappa shape index (κ1) is 10.4. The quantitative estimate of drug-likeness (QED) is 0.587. The van der Waals surface area contributed by atoms with Gasteiger partial charge in [-0.1, -0.05) is 0 Å². The normalized spacial score (nSPS) is 24.3. The predicted molar refractivity (Wildman–Crippen MR) is 46.7 cm³/mol. The summed E-state index contributed by atoms with van der Waals surface area (Å²) in [7, 11) is 0. The smallest absolute Gasteiger partial charge is 0.249 e. The van der Waals surface area contributed by atoms with Crippen molar-refractivity contribution in [2.75, 3.05) is 13.2 Å². The van der Waals surface area contributed by atoms with Crippen LogP contribution in [0.3, 0.4) is 0 Å². The molecule has 1 amide bonds. The Morgan fingerprint density at radius 3 is 3.15 bits per heavy atom. The van der Waals surface area contributed by atoms with Gasteiger partial charge in [0, 0.05) is 6.61 Å². The molecule has 2 unspecified atom stereocenters. The molecule has 1 fully saturated rings. The van der Waals surface area contributed by atoms with Gasteiger partial charge >= 0.3 is 0 Å². The Bertz CT molecular complexity index is 169. The second-order valence-electron chi connectivity index (χ2n) is 3.24. The van der Waals surface area contributed by atoms with E-state index in [9.17, 15) is 4.79 Å². The van der Waals surface area contributed by atoms with Crippen molar-refractivity contribution in [3.05, 3.63) is 0 Å². The number of carbonyl (C=O) groups is 1.